The summed E-state index contributed by atoms with van der Waals surface area (Å²) >= 11 is 0. The fraction of sp³-hybridized carbons (Fsp3) is 0.325. The number of ether oxygens (including phenoxy) is 4. The van der Waals surface area contributed by atoms with Gasteiger partial charge in [0.1, 0.15) is 29.6 Å². The van der Waals surface area contributed by atoms with E-state index < -0.39 is 75.2 Å². The Morgan fingerprint density at radius 3 is 2.17 bits per heavy atom. The molecule has 17 nitrogen and oxygen atoms in total. The number of benzene rings is 3. The van der Waals surface area contributed by atoms with Crippen molar-refractivity contribution in [1.82, 2.24) is 28.8 Å². The van der Waals surface area contributed by atoms with Crippen LogP contribution in [0.25, 0.3) is 5.69 Å². The van der Waals surface area contributed by atoms with Crippen molar-refractivity contribution in [3.8, 4) is 23.2 Å². The molecule has 5 rings (SSSR count). The number of nitrogens with zero attached hydrogens (tertiary/aromatic N) is 5. The topological polar surface area (TPSA) is 212 Å². The van der Waals surface area contributed by atoms with Crippen LogP contribution >= 0.6 is 0 Å². The molecule has 2 N–H and O–H groups in total. The maximum Gasteiger partial charge on any atom is 0.431 e. The first-order valence-corrected chi connectivity index (χ1v) is 20.2. The number of carbonyl (C=O) groups is 2. The Bertz CT molecular complexity index is 2690. The van der Waals surface area contributed by atoms with Crippen LogP contribution in [0, 0.1) is 6.92 Å². The average Bonchev–Trinajstić information content (AvgIpc) is 3.23. The van der Waals surface area contributed by atoms with E-state index in [1.807, 2.05) is 25.1 Å². The summed E-state index contributed by atoms with van der Waals surface area (Å²) in [4.78, 5) is 59.4. The molecule has 2 heterocycles. The number of hydrogen-bond acceptors (Lipinski definition) is 13. The van der Waals surface area contributed by atoms with E-state index in [2.05, 4.69) is 20.3 Å². The molecule has 1 atom stereocenters. The van der Waals surface area contributed by atoms with Crippen molar-refractivity contribution in [3.63, 3.8) is 0 Å². The van der Waals surface area contributed by atoms with Gasteiger partial charge in [0.05, 0.1) is 24.8 Å². The van der Waals surface area contributed by atoms with Gasteiger partial charge in [0, 0.05) is 25.1 Å². The van der Waals surface area contributed by atoms with Gasteiger partial charge in [0.2, 0.25) is 5.95 Å². The van der Waals surface area contributed by atoms with Crippen molar-refractivity contribution >= 4 is 28.0 Å². The van der Waals surface area contributed by atoms with E-state index in [-0.39, 0.29) is 35.6 Å². The molecule has 0 fully saturated rings. The number of rotatable bonds is 14. The van der Waals surface area contributed by atoms with Gasteiger partial charge in [-0.25, -0.2) is 32.1 Å². The molecular weight excluding hydrogens is 885 g/mol. The summed E-state index contributed by atoms with van der Waals surface area (Å²) in [6.07, 6.45) is -11.1. The monoisotopic (exact) mass is 925 g/mol. The van der Waals surface area contributed by atoms with Crippen LogP contribution in [0.3, 0.4) is 0 Å². The summed E-state index contributed by atoms with van der Waals surface area (Å²) in [7, 11) is -0.925. The molecule has 0 saturated heterocycles. The van der Waals surface area contributed by atoms with Gasteiger partial charge in [-0.05, 0) is 74.2 Å². The van der Waals surface area contributed by atoms with Gasteiger partial charge in [0.25, 0.3) is 15.6 Å². The molecule has 0 aliphatic rings. The van der Waals surface area contributed by atoms with Gasteiger partial charge < -0.3 is 18.9 Å². The summed E-state index contributed by atoms with van der Waals surface area (Å²) in [5.74, 6) is 0.264. The zero-order valence-electron chi connectivity index (χ0n) is 34.8. The lowest BCUT2D eigenvalue weighted by Gasteiger charge is -2.17. The fourth-order valence-corrected chi connectivity index (χ4v) is 6.78. The number of halogens is 6. The van der Waals surface area contributed by atoms with Gasteiger partial charge in [-0.3, -0.25) is 14.7 Å². The van der Waals surface area contributed by atoms with Crippen molar-refractivity contribution in [2.75, 3.05) is 19.5 Å². The third-order valence-electron chi connectivity index (χ3n) is 8.78. The van der Waals surface area contributed by atoms with Gasteiger partial charge in [-0.2, -0.15) is 41.3 Å². The lowest BCUT2D eigenvalue weighted by atomic mass is 10.1. The molecule has 0 aliphatic carbocycles. The van der Waals surface area contributed by atoms with Crippen molar-refractivity contribution in [3.05, 3.63) is 122 Å². The highest BCUT2D eigenvalue weighted by atomic mass is 32.2. The maximum atomic E-state index is 13.1. The van der Waals surface area contributed by atoms with Crippen molar-refractivity contribution in [2.24, 2.45) is 7.05 Å². The number of nitrogens with one attached hydrogen (secondary N) is 2. The number of methoxy groups -OCH3 is 2. The Balaban J connectivity index is 0.000000290. The summed E-state index contributed by atoms with van der Waals surface area (Å²) in [6, 6.07) is 15.5. The Morgan fingerprint density at radius 2 is 1.56 bits per heavy atom. The Kier molecular flexibility index (Phi) is 16.2. The number of hydrogen-bond donors (Lipinski definition) is 2. The van der Waals surface area contributed by atoms with Crippen LogP contribution in [-0.2, 0) is 52.2 Å². The van der Waals surface area contributed by atoms with E-state index in [1.54, 1.807) is 11.6 Å². The van der Waals surface area contributed by atoms with Crippen molar-refractivity contribution in [2.45, 2.75) is 70.0 Å². The molecule has 1 unspecified atom stereocenters. The SMILES string of the molecule is CCc1ccc(COc2ccc(-n3c(=O)cc(C(F)(F)F)n(C)c3=O)cc2)c(OC(C)C(=O)OC)c1.COc1nc(C)nc(NC(=O)NS(=O)(=O)c2ccccc2CCC(F)(F)F)n1. The third-order valence-corrected chi connectivity index (χ3v) is 10.2. The predicted octanol–water partition coefficient (Wildman–Crippen LogP) is 5.83. The van der Waals surface area contributed by atoms with E-state index in [1.165, 1.54) is 63.6 Å². The molecule has 2 aromatic heterocycles. The maximum absolute atomic E-state index is 13.1. The Labute approximate surface area is 361 Å². The molecule has 64 heavy (non-hydrogen) atoms. The van der Waals surface area contributed by atoms with Crippen LogP contribution in [0.2, 0.25) is 0 Å². The highest BCUT2D eigenvalue weighted by Crippen LogP contribution is 2.28. The van der Waals surface area contributed by atoms with Crippen LogP contribution in [0.5, 0.6) is 17.5 Å². The standard InChI is InChI=1S/C25H25F3N2O6.C15H16F3N5O4S/c1-5-16-6-7-17(20(12-16)36-15(2)23(32)34-4)14-35-19-10-8-18(9-11-19)30-22(31)13-21(25(26,27)28)29(3)24(30)33;1-9-19-12(22-14(20-9)27-2)21-13(24)23-28(25,26)11-6-4-3-5-10(11)7-8-15(16,17)18/h6-13,15H,5,14H2,1-4H3;3-6H,7-8H2,1-2H3,(H2,19,20,21,22,23,24). The zero-order valence-corrected chi connectivity index (χ0v) is 35.6. The first kappa shape index (κ1) is 49.7. The highest BCUT2D eigenvalue weighted by molar-refractivity contribution is 7.90. The molecule has 24 heteroatoms. The number of esters is 1. The van der Waals surface area contributed by atoms with Gasteiger partial charge in [0.15, 0.2) is 6.10 Å². The second kappa shape index (κ2) is 20.9. The summed E-state index contributed by atoms with van der Waals surface area (Å²) in [6.45, 7) is 5.13. The normalized spacial score (nSPS) is 12.0. The molecule has 0 spiro atoms. The molecule has 0 aliphatic heterocycles. The molecular formula is C40H41F6N7O10S. The first-order chi connectivity index (χ1) is 30.0. The largest absolute Gasteiger partial charge is 0.489 e. The summed E-state index contributed by atoms with van der Waals surface area (Å²) in [5.41, 5.74) is -1.87. The molecule has 344 valence electrons. The van der Waals surface area contributed by atoms with E-state index in [9.17, 15) is 53.9 Å². The molecule has 0 radical (unpaired) electrons. The number of carbonyl (C=O) groups excluding carboxylic acids is 2. The minimum absolute atomic E-state index is 0.0715. The molecule has 0 saturated carbocycles. The smallest absolute Gasteiger partial charge is 0.431 e. The minimum atomic E-state index is -4.84. The number of alkyl halides is 6. The fourth-order valence-electron chi connectivity index (χ4n) is 5.60. The van der Waals surface area contributed by atoms with Crippen molar-refractivity contribution in [1.29, 1.82) is 0 Å². The molecule has 5 aromatic rings. The summed E-state index contributed by atoms with van der Waals surface area (Å²) in [5, 5.41) is 2.11. The second-order valence-corrected chi connectivity index (χ2v) is 15.0. The minimum Gasteiger partial charge on any atom is -0.489 e. The zero-order chi connectivity index (χ0) is 47.6. The summed E-state index contributed by atoms with van der Waals surface area (Å²) < 4.78 is 125. The number of aryl methyl sites for hydroxylation is 3. The lowest BCUT2D eigenvalue weighted by molar-refractivity contribution is -0.148. The molecule has 2 amide bonds. The Hall–Kier alpha value is -6.98. The highest BCUT2D eigenvalue weighted by Gasteiger charge is 2.35. The van der Waals surface area contributed by atoms with E-state index in [0.717, 1.165) is 25.1 Å². The van der Waals surface area contributed by atoms with Crippen LogP contribution in [-0.4, -0.2) is 71.0 Å². The average molecular weight is 926 g/mol. The lowest BCUT2D eigenvalue weighted by Crippen LogP contribution is -2.40. The second-order valence-electron chi connectivity index (χ2n) is 13.4. The van der Waals surface area contributed by atoms with E-state index in [4.69, 9.17) is 18.9 Å². The van der Waals surface area contributed by atoms with Crippen LogP contribution in [0.15, 0.2) is 87.3 Å². The van der Waals surface area contributed by atoms with E-state index in [0.29, 0.717) is 32.3 Å². The third kappa shape index (κ3) is 13.5. The van der Waals surface area contributed by atoms with Crippen LogP contribution < -0.4 is 35.5 Å². The number of aromatic nitrogens is 5. The van der Waals surface area contributed by atoms with Crippen LogP contribution in [0.1, 0.15) is 48.5 Å². The molecule has 3 aromatic carbocycles. The van der Waals surface area contributed by atoms with E-state index >= 15 is 0 Å². The number of amides is 2. The number of anilines is 1. The first-order valence-electron chi connectivity index (χ1n) is 18.7. The Morgan fingerprint density at radius 1 is 0.891 bits per heavy atom. The van der Waals surface area contributed by atoms with Crippen LogP contribution in [0.4, 0.5) is 37.1 Å². The van der Waals surface area contributed by atoms with Gasteiger partial charge >= 0.3 is 36.1 Å². The van der Waals surface area contributed by atoms with Gasteiger partial charge in [-0.15, -0.1) is 0 Å². The number of sulfonamides is 1. The number of urea groups is 1. The predicted molar refractivity (Wildman–Crippen MR) is 216 cm³/mol. The van der Waals surface area contributed by atoms with Gasteiger partial charge in [-0.1, -0.05) is 37.3 Å². The quantitative estimate of drug-likeness (QED) is 0.0993. The van der Waals surface area contributed by atoms with Crippen molar-refractivity contribution < 1.29 is 63.3 Å². The molecule has 0 bridgehead atoms.